The Morgan fingerprint density at radius 1 is 1.00 bits per heavy atom. The molecule has 0 fully saturated rings. The molecule has 2 aromatic rings. The lowest BCUT2D eigenvalue weighted by Crippen LogP contribution is -2.47. The van der Waals surface area contributed by atoms with E-state index in [1.54, 1.807) is 38.1 Å². The van der Waals surface area contributed by atoms with E-state index in [0.717, 1.165) is 5.56 Å². The number of nitrogens with zero attached hydrogens (tertiary/aromatic N) is 1. The molecule has 6 heteroatoms. The number of nitrogens with one attached hydrogen (secondary N) is 1. The van der Waals surface area contributed by atoms with Crippen molar-refractivity contribution in [3.8, 4) is 0 Å². The fourth-order valence-corrected chi connectivity index (χ4v) is 2.56. The van der Waals surface area contributed by atoms with E-state index in [0.29, 0.717) is 5.56 Å². The predicted molar refractivity (Wildman–Crippen MR) is 102 cm³/mol. The van der Waals surface area contributed by atoms with Crippen LogP contribution in [0, 0.1) is 0 Å². The van der Waals surface area contributed by atoms with E-state index < -0.39 is 12.0 Å². The fraction of sp³-hybridized carbons (Fsp3) is 0.286. The quantitative estimate of drug-likeness (QED) is 0.726. The fourth-order valence-electron chi connectivity index (χ4n) is 2.56. The standard InChI is InChI=1S/C21H24N2O4/c1-3-27-21(26)16(2)23(15-17-10-6-4-7-11-17)19(24)14-22-20(25)18-12-8-5-9-13-18/h4-13,16H,3,14-15H2,1-2H3,(H,22,25). The SMILES string of the molecule is CCOC(=O)C(C)N(Cc1ccccc1)C(=O)CNC(=O)c1ccccc1. The molecule has 27 heavy (non-hydrogen) atoms. The lowest BCUT2D eigenvalue weighted by atomic mass is 10.1. The summed E-state index contributed by atoms with van der Waals surface area (Å²) in [6.07, 6.45) is 0. The summed E-state index contributed by atoms with van der Waals surface area (Å²) < 4.78 is 5.05. The maximum atomic E-state index is 12.7. The minimum Gasteiger partial charge on any atom is -0.464 e. The highest BCUT2D eigenvalue weighted by atomic mass is 16.5. The van der Waals surface area contributed by atoms with Crippen molar-refractivity contribution < 1.29 is 19.1 Å². The summed E-state index contributed by atoms with van der Waals surface area (Å²) in [5.74, 6) is -1.17. The molecule has 0 aliphatic carbocycles. The first-order valence-corrected chi connectivity index (χ1v) is 8.86. The molecule has 0 radical (unpaired) electrons. The van der Waals surface area contributed by atoms with E-state index in [9.17, 15) is 14.4 Å². The van der Waals surface area contributed by atoms with Gasteiger partial charge in [-0.2, -0.15) is 0 Å². The lowest BCUT2D eigenvalue weighted by Gasteiger charge is -2.28. The van der Waals surface area contributed by atoms with Gasteiger partial charge in [0.25, 0.3) is 5.91 Å². The van der Waals surface area contributed by atoms with Gasteiger partial charge in [-0.3, -0.25) is 9.59 Å². The second-order valence-corrected chi connectivity index (χ2v) is 5.98. The molecule has 0 aromatic heterocycles. The van der Waals surface area contributed by atoms with E-state index >= 15 is 0 Å². The van der Waals surface area contributed by atoms with Gasteiger partial charge in [-0.25, -0.2) is 4.79 Å². The van der Waals surface area contributed by atoms with Crippen molar-refractivity contribution in [2.75, 3.05) is 13.2 Å². The molecule has 0 saturated heterocycles. The lowest BCUT2D eigenvalue weighted by molar-refractivity contribution is -0.154. The second-order valence-electron chi connectivity index (χ2n) is 5.98. The number of esters is 1. The number of hydrogen-bond donors (Lipinski definition) is 1. The van der Waals surface area contributed by atoms with Gasteiger partial charge in [-0.05, 0) is 31.5 Å². The van der Waals surface area contributed by atoms with Crippen LogP contribution in [0.15, 0.2) is 60.7 Å². The summed E-state index contributed by atoms with van der Waals surface area (Å²) >= 11 is 0. The van der Waals surface area contributed by atoms with Crippen molar-refractivity contribution in [3.63, 3.8) is 0 Å². The first-order chi connectivity index (χ1) is 13.0. The molecule has 0 heterocycles. The third-order valence-electron chi connectivity index (χ3n) is 4.05. The van der Waals surface area contributed by atoms with Gasteiger partial charge in [0, 0.05) is 12.1 Å². The van der Waals surface area contributed by atoms with Crippen LogP contribution < -0.4 is 5.32 Å². The van der Waals surface area contributed by atoms with Crippen LogP contribution in [-0.4, -0.2) is 41.9 Å². The average molecular weight is 368 g/mol. The molecule has 2 amide bonds. The highest BCUT2D eigenvalue weighted by Gasteiger charge is 2.27. The molecule has 1 N–H and O–H groups in total. The maximum Gasteiger partial charge on any atom is 0.328 e. The van der Waals surface area contributed by atoms with Gasteiger partial charge in [-0.15, -0.1) is 0 Å². The Balaban J connectivity index is 2.07. The van der Waals surface area contributed by atoms with Gasteiger partial charge in [-0.1, -0.05) is 48.5 Å². The average Bonchev–Trinajstić information content (AvgIpc) is 2.71. The molecule has 0 bridgehead atoms. The minimum atomic E-state index is -0.758. The zero-order valence-electron chi connectivity index (χ0n) is 15.6. The summed E-state index contributed by atoms with van der Waals surface area (Å²) in [6, 6.07) is 17.3. The third kappa shape index (κ3) is 5.95. The molecule has 0 aliphatic heterocycles. The van der Waals surface area contributed by atoms with E-state index in [-0.39, 0.29) is 31.5 Å². The Labute approximate surface area is 159 Å². The molecule has 2 aromatic carbocycles. The molecule has 0 saturated carbocycles. The molecular formula is C21H24N2O4. The van der Waals surface area contributed by atoms with Gasteiger partial charge in [0.05, 0.1) is 13.2 Å². The van der Waals surface area contributed by atoms with Crippen LogP contribution in [0.4, 0.5) is 0 Å². The molecule has 1 unspecified atom stereocenters. The topological polar surface area (TPSA) is 75.7 Å². The Morgan fingerprint density at radius 2 is 1.59 bits per heavy atom. The van der Waals surface area contributed by atoms with Gasteiger partial charge < -0.3 is 15.0 Å². The van der Waals surface area contributed by atoms with Gasteiger partial charge in [0.1, 0.15) is 6.04 Å². The van der Waals surface area contributed by atoms with Crippen molar-refractivity contribution >= 4 is 17.8 Å². The van der Waals surface area contributed by atoms with Crippen LogP contribution in [0.2, 0.25) is 0 Å². The van der Waals surface area contributed by atoms with Crippen molar-refractivity contribution in [1.82, 2.24) is 10.2 Å². The monoisotopic (exact) mass is 368 g/mol. The van der Waals surface area contributed by atoms with Gasteiger partial charge in [0.2, 0.25) is 5.91 Å². The first-order valence-electron chi connectivity index (χ1n) is 8.86. The molecule has 6 nitrogen and oxygen atoms in total. The summed E-state index contributed by atoms with van der Waals surface area (Å²) in [5.41, 5.74) is 1.36. The molecular weight excluding hydrogens is 344 g/mol. The number of ether oxygens (including phenoxy) is 1. The Bertz CT molecular complexity index is 762. The third-order valence-corrected chi connectivity index (χ3v) is 4.05. The number of rotatable bonds is 8. The first kappa shape index (κ1) is 20.2. The maximum absolute atomic E-state index is 12.7. The van der Waals surface area contributed by atoms with Crippen molar-refractivity contribution in [3.05, 3.63) is 71.8 Å². The van der Waals surface area contributed by atoms with E-state index in [4.69, 9.17) is 4.74 Å². The number of hydrogen-bond acceptors (Lipinski definition) is 4. The smallest absolute Gasteiger partial charge is 0.328 e. The molecule has 2 rings (SSSR count). The van der Waals surface area contributed by atoms with E-state index in [1.807, 2.05) is 36.4 Å². The number of amides is 2. The molecule has 142 valence electrons. The molecule has 0 aliphatic rings. The van der Waals surface area contributed by atoms with Crippen LogP contribution in [0.3, 0.4) is 0 Å². The normalized spacial score (nSPS) is 11.3. The Morgan fingerprint density at radius 3 is 2.19 bits per heavy atom. The Hall–Kier alpha value is -3.15. The predicted octanol–water partition coefficient (Wildman–Crippen LogP) is 2.40. The van der Waals surface area contributed by atoms with E-state index in [1.165, 1.54) is 4.90 Å². The number of benzene rings is 2. The van der Waals surface area contributed by atoms with Crippen LogP contribution >= 0.6 is 0 Å². The van der Waals surface area contributed by atoms with Crippen molar-refractivity contribution in [1.29, 1.82) is 0 Å². The van der Waals surface area contributed by atoms with Gasteiger partial charge in [0.15, 0.2) is 0 Å². The summed E-state index contributed by atoms with van der Waals surface area (Å²) in [4.78, 5) is 38.5. The number of carbonyl (C=O) groups is 3. The Kier molecular flexibility index (Phi) is 7.55. The van der Waals surface area contributed by atoms with E-state index in [2.05, 4.69) is 5.32 Å². The largest absolute Gasteiger partial charge is 0.464 e. The summed E-state index contributed by atoms with van der Waals surface area (Å²) in [7, 11) is 0. The van der Waals surface area contributed by atoms with Crippen LogP contribution in [-0.2, 0) is 20.9 Å². The van der Waals surface area contributed by atoms with Crippen molar-refractivity contribution in [2.45, 2.75) is 26.4 Å². The number of carbonyl (C=O) groups excluding carboxylic acids is 3. The summed E-state index contributed by atoms with van der Waals surface area (Å²) in [6.45, 7) is 3.62. The zero-order chi connectivity index (χ0) is 19.6. The van der Waals surface area contributed by atoms with Crippen LogP contribution in [0.25, 0.3) is 0 Å². The van der Waals surface area contributed by atoms with Crippen LogP contribution in [0.5, 0.6) is 0 Å². The second kappa shape index (κ2) is 10.1. The molecule has 1 atom stereocenters. The summed E-state index contributed by atoms with van der Waals surface area (Å²) in [5, 5.41) is 2.61. The molecule has 0 spiro atoms. The van der Waals surface area contributed by atoms with Crippen molar-refractivity contribution in [2.24, 2.45) is 0 Å². The highest BCUT2D eigenvalue weighted by Crippen LogP contribution is 2.10. The zero-order valence-corrected chi connectivity index (χ0v) is 15.6. The van der Waals surface area contributed by atoms with Crippen LogP contribution in [0.1, 0.15) is 29.8 Å². The highest BCUT2D eigenvalue weighted by molar-refractivity contribution is 5.96. The van der Waals surface area contributed by atoms with Gasteiger partial charge >= 0.3 is 5.97 Å². The minimum absolute atomic E-state index is 0.204.